The first-order valence-electron chi connectivity index (χ1n) is 8.47. The number of pyridine rings is 1. The summed E-state index contributed by atoms with van der Waals surface area (Å²) in [5.74, 6) is -0.628. The van der Waals surface area contributed by atoms with Gasteiger partial charge in [-0.05, 0) is 44.2 Å². The van der Waals surface area contributed by atoms with Gasteiger partial charge in [0.15, 0.2) is 0 Å². The quantitative estimate of drug-likeness (QED) is 0.663. The highest BCUT2D eigenvalue weighted by atomic mass is 35.5. The minimum Gasteiger partial charge on any atom is -0.327 e. The Kier molecular flexibility index (Phi) is 5.52. The lowest BCUT2D eigenvalue weighted by Gasteiger charge is -2.09. The van der Waals surface area contributed by atoms with Gasteiger partial charge in [-0.2, -0.15) is 18.3 Å². The van der Waals surface area contributed by atoms with E-state index in [9.17, 15) is 22.8 Å². The van der Waals surface area contributed by atoms with Crippen molar-refractivity contribution in [3.63, 3.8) is 0 Å². The van der Waals surface area contributed by atoms with Crippen LogP contribution in [0.3, 0.4) is 0 Å². The van der Waals surface area contributed by atoms with E-state index in [0.717, 1.165) is 5.69 Å². The van der Waals surface area contributed by atoms with Crippen LogP contribution in [0.5, 0.6) is 0 Å². The van der Waals surface area contributed by atoms with Crippen LogP contribution in [0.15, 0.2) is 41.3 Å². The number of benzene rings is 1. The standard InChI is InChI=1S/C19H16ClF3N4O2/c1-10-15(11(2)27(26-10)14-5-3-13(20)4-6-14)8-17(28)25-16-7-12(19(21,22)23)9-24-18(16)29/h3-7,9H,8H2,1-2H3,(H,24,29)(H,25,28). The molecular formula is C19H16ClF3N4O2. The molecule has 0 aliphatic carbocycles. The molecule has 0 bridgehead atoms. The van der Waals surface area contributed by atoms with Crippen LogP contribution >= 0.6 is 11.6 Å². The minimum atomic E-state index is -4.64. The highest BCUT2D eigenvalue weighted by Gasteiger charge is 2.31. The molecule has 1 amide bonds. The molecule has 0 spiro atoms. The minimum absolute atomic E-state index is 0.152. The Balaban J connectivity index is 1.83. The van der Waals surface area contributed by atoms with Crippen LogP contribution in [0.4, 0.5) is 18.9 Å². The Morgan fingerprint density at radius 2 is 1.90 bits per heavy atom. The average Bonchev–Trinajstić information content (AvgIpc) is 2.91. The number of carbonyl (C=O) groups excluding carboxylic acids is 1. The van der Waals surface area contributed by atoms with Crippen molar-refractivity contribution in [1.29, 1.82) is 0 Å². The molecule has 152 valence electrons. The summed E-state index contributed by atoms with van der Waals surface area (Å²) in [5.41, 5.74) is 0.289. The number of nitrogens with zero attached hydrogens (tertiary/aromatic N) is 2. The summed E-state index contributed by atoms with van der Waals surface area (Å²) >= 11 is 5.89. The Morgan fingerprint density at radius 3 is 2.52 bits per heavy atom. The molecule has 0 unspecified atom stereocenters. The molecule has 1 aromatic carbocycles. The van der Waals surface area contributed by atoms with Crippen molar-refractivity contribution in [1.82, 2.24) is 14.8 Å². The molecule has 0 atom stereocenters. The Labute approximate surface area is 168 Å². The number of amides is 1. The van der Waals surface area contributed by atoms with E-state index < -0.39 is 28.9 Å². The van der Waals surface area contributed by atoms with E-state index in [4.69, 9.17) is 11.6 Å². The molecule has 3 aromatic rings. The van der Waals surface area contributed by atoms with Crippen molar-refractivity contribution < 1.29 is 18.0 Å². The molecule has 2 aromatic heterocycles. The zero-order chi connectivity index (χ0) is 21.3. The van der Waals surface area contributed by atoms with Crippen LogP contribution < -0.4 is 10.9 Å². The summed E-state index contributed by atoms with van der Waals surface area (Å²) in [7, 11) is 0. The third-order valence-corrected chi connectivity index (χ3v) is 4.61. The van der Waals surface area contributed by atoms with Crippen LogP contribution in [0, 0.1) is 13.8 Å². The van der Waals surface area contributed by atoms with Crippen LogP contribution in [-0.2, 0) is 17.4 Å². The number of aryl methyl sites for hydroxylation is 1. The lowest BCUT2D eigenvalue weighted by molar-refractivity contribution is -0.137. The summed E-state index contributed by atoms with van der Waals surface area (Å²) in [6.45, 7) is 3.49. The summed E-state index contributed by atoms with van der Waals surface area (Å²) in [6.07, 6.45) is -4.24. The van der Waals surface area contributed by atoms with Crippen LogP contribution in [0.1, 0.15) is 22.5 Å². The monoisotopic (exact) mass is 424 g/mol. The molecule has 0 aliphatic rings. The van der Waals surface area contributed by atoms with Gasteiger partial charge >= 0.3 is 6.18 Å². The number of hydrogen-bond donors (Lipinski definition) is 2. The second kappa shape index (κ2) is 7.75. The zero-order valence-electron chi connectivity index (χ0n) is 15.4. The van der Waals surface area contributed by atoms with E-state index in [-0.39, 0.29) is 6.42 Å². The fraction of sp³-hybridized carbons (Fsp3) is 0.211. The number of aromatic amines is 1. The lowest BCUT2D eigenvalue weighted by Crippen LogP contribution is -2.23. The van der Waals surface area contributed by atoms with Crippen LogP contribution in [-0.4, -0.2) is 20.7 Å². The van der Waals surface area contributed by atoms with Gasteiger partial charge in [-0.15, -0.1) is 0 Å². The van der Waals surface area contributed by atoms with Gasteiger partial charge < -0.3 is 10.3 Å². The number of aromatic nitrogens is 3. The largest absolute Gasteiger partial charge is 0.417 e. The maximum Gasteiger partial charge on any atom is 0.417 e. The summed E-state index contributed by atoms with van der Waals surface area (Å²) in [4.78, 5) is 26.1. The molecule has 0 saturated carbocycles. The number of halogens is 4. The number of anilines is 1. The van der Waals surface area contributed by atoms with Crippen molar-refractivity contribution in [3.8, 4) is 5.69 Å². The first kappa shape index (κ1) is 20.7. The summed E-state index contributed by atoms with van der Waals surface area (Å²) in [6, 6.07) is 7.56. The van der Waals surface area contributed by atoms with Gasteiger partial charge in [-0.25, -0.2) is 4.68 Å². The highest BCUT2D eigenvalue weighted by Crippen LogP contribution is 2.29. The van der Waals surface area contributed by atoms with E-state index in [0.29, 0.717) is 34.2 Å². The SMILES string of the molecule is Cc1nn(-c2ccc(Cl)cc2)c(C)c1CC(=O)Nc1cc(C(F)(F)F)c[nH]c1=O. The fourth-order valence-electron chi connectivity index (χ4n) is 2.86. The molecule has 0 fully saturated rings. The van der Waals surface area contributed by atoms with Gasteiger partial charge in [-0.3, -0.25) is 9.59 Å². The molecule has 0 saturated heterocycles. The summed E-state index contributed by atoms with van der Waals surface area (Å²) < 4.78 is 40.1. The molecule has 0 aliphatic heterocycles. The predicted octanol–water partition coefficient (Wildman–Crippen LogP) is 4.03. The van der Waals surface area contributed by atoms with Crippen molar-refractivity contribution >= 4 is 23.2 Å². The number of rotatable bonds is 4. The second-order valence-electron chi connectivity index (χ2n) is 6.39. The van der Waals surface area contributed by atoms with Crippen molar-refractivity contribution in [2.75, 3.05) is 5.32 Å². The van der Waals surface area contributed by atoms with E-state index in [1.165, 1.54) is 0 Å². The average molecular weight is 425 g/mol. The normalized spacial score (nSPS) is 11.5. The topological polar surface area (TPSA) is 79.8 Å². The smallest absolute Gasteiger partial charge is 0.327 e. The summed E-state index contributed by atoms with van der Waals surface area (Å²) in [5, 5.41) is 7.23. The molecule has 2 heterocycles. The molecule has 2 N–H and O–H groups in total. The van der Waals surface area contributed by atoms with Gasteiger partial charge in [-0.1, -0.05) is 11.6 Å². The first-order valence-corrected chi connectivity index (χ1v) is 8.85. The fourth-order valence-corrected chi connectivity index (χ4v) is 2.99. The van der Waals surface area contributed by atoms with Crippen LogP contribution in [0.25, 0.3) is 5.69 Å². The molecule has 3 rings (SSSR count). The zero-order valence-corrected chi connectivity index (χ0v) is 16.1. The number of carbonyl (C=O) groups is 1. The van der Waals surface area contributed by atoms with Crippen molar-refractivity contribution in [2.24, 2.45) is 0 Å². The van der Waals surface area contributed by atoms with Gasteiger partial charge in [0.1, 0.15) is 5.69 Å². The molecule has 6 nitrogen and oxygen atoms in total. The van der Waals surface area contributed by atoms with Crippen molar-refractivity contribution in [3.05, 3.63) is 74.4 Å². The molecular weight excluding hydrogens is 409 g/mol. The van der Waals surface area contributed by atoms with E-state index in [2.05, 4.69) is 10.4 Å². The van der Waals surface area contributed by atoms with Crippen LogP contribution in [0.2, 0.25) is 5.02 Å². The highest BCUT2D eigenvalue weighted by molar-refractivity contribution is 6.30. The maximum absolute atomic E-state index is 12.8. The Hall–Kier alpha value is -3.07. The number of nitrogens with one attached hydrogen (secondary N) is 2. The third kappa shape index (κ3) is 4.51. The number of hydrogen-bond acceptors (Lipinski definition) is 3. The van der Waals surface area contributed by atoms with Gasteiger partial charge in [0, 0.05) is 22.5 Å². The van der Waals surface area contributed by atoms with Gasteiger partial charge in [0.05, 0.1) is 23.4 Å². The molecule has 0 radical (unpaired) electrons. The second-order valence-corrected chi connectivity index (χ2v) is 6.83. The first-order chi connectivity index (χ1) is 13.6. The van der Waals surface area contributed by atoms with Gasteiger partial charge in [0.2, 0.25) is 5.91 Å². The van der Waals surface area contributed by atoms with Gasteiger partial charge in [0.25, 0.3) is 5.56 Å². The van der Waals surface area contributed by atoms with E-state index in [1.807, 2.05) is 4.98 Å². The predicted molar refractivity (Wildman–Crippen MR) is 102 cm³/mol. The molecule has 29 heavy (non-hydrogen) atoms. The van der Waals surface area contributed by atoms with E-state index >= 15 is 0 Å². The Morgan fingerprint density at radius 1 is 1.24 bits per heavy atom. The van der Waals surface area contributed by atoms with Crippen molar-refractivity contribution in [2.45, 2.75) is 26.4 Å². The Bertz CT molecular complexity index is 1120. The lowest BCUT2D eigenvalue weighted by atomic mass is 10.1. The maximum atomic E-state index is 12.8. The van der Waals surface area contributed by atoms with E-state index in [1.54, 1.807) is 42.8 Å². The number of H-pyrrole nitrogens is 1. The molecule has 10 heteroatoms. The number of alkyl halides is 3. The third-order valence-electron chi connectivity index (χ3n) is 4.35.